The average molecular weight is 560 g/mol. The van der Waals surface area contributed by atoms with Gasteiger partial charge in [-0.25, -0.2) is 4.79 Å². The Morgan fingerprint density at radius 3 is 2.38 bits per heavy atom. The lowest BCUT2D eigenvalue weighted by molar-refractivity contribution is -0.159. The van der Waals surface area contributed by atoms with Crippen molar-refractivity contribution in [2.24, 2.45) is 5.92 Å². The minimum Gasteiger partial charge on any atom is -0.463 e. The van der Waals surface area contributed by atoms with Crippen LogP contribution < -0.4 is 5.32 Å². The number of amides is 1. The Bertz CT molecular complexity index is 1060. The normalized spacial score (nSPS) is 13.9. The minimum absolute atomic E-state index is 0.172. The van der Waals surface area contributed by atoms with Crippen LogP contribution in [0.25, 0.3) is 10.8 Å². The van der Waals surface area contributed by atoms with E-state index in [1.165, 1.54) is 0 Å². The molecule has 7 nitrogen and oxygen atoms in total. The van der Waals surface area contributed by atoms with Gasteiger partial charge in [-0.15, -0.1) is 0 Å². The van der Waals surface area contributed by atoms with E-state index < -0.39 is 17.6 Å². The summed E-state index contributed by atoms with van der Waals surface area (Å²) in [4.78, 5) is 38.2. The highest BCUT2D eigenvalue weighted by molar-refractivity contribution is 7.99. The van der Waals surface area contributed by atoms with Crippen molar-refractivity contribution in [1.29, 1.82) is 0 Å². The van der Waals surface area contributed by atoms with Crippen molar-refractivity contribution in [3.05, 3.63) is 48.0 Å². The first-order valence-electron chi connectivity index (χ1n) is 13.8. The second-order valence-corrected chi connectivity index (χ2v) is 11.8. The lowest BCUT2D eigenvalue weighted by atomic mass is 9.95. The van der Waals surface area contributed by atoms with E-state index in [0.717, 1.165) is 29.2 Å². The van der Waals surface area contributed by atoms with Gasteiger partial charge in [0.1, 0.15) is 24.4 Å². The summed E-state index contributed by atoms with van der Waals surface area (Å²) in [6, 6.07) is 13.6. The Balaban J connectivity index is 2.21. The van der Waals surface area contributed by atoms with E-state index in [0.29, 0.717) is 30.8 Å². The largest absolute Gasteiger partial charge is 0.463 e. The molecule has 2 aromatic carbocycles. The lowest BCUT2D eigenvalue weighted by Gasteiger charge is -2.26. The Kier molecular flexibility index (Phi) is 13.8. The summed E-state index contributed by atoms with van der Waals surface area (Å²) in [7, 11) is 1.59. The van der Waals surface area contributed by atoms with E-state index >= 15 is 0 Å². The van der Waals surface area contributed by atoms with Gasteiger partial charge >= 0.3 is 11.9 Å². The molecule has 0 saturated carbocycles. The molecular formula is C31H45NO6S. The molecule has 1 N–H and O–H groups in total. The highest BCUT2D eigenvalue weighted by Crippen LogP contribution is 2.24. The van der Waals surface area contributed by atoms with Crippen molar-refractivity contribution in [2.45, 2.75) is 84.5 Å². The quantitative estimate of drug-likeness (QED) is 0.263. The molecule has 0 saturated heterocycles. The molecule has 0 fully saturated rings. The van der Waals surface area contributed by atoms with Gasteiger partial charge in [0.05, 0.1) is 5.92 Å². The number of carbonyl (C=O) groups excluding carboxylic acids is 3. The summed E-state index contributed by atoms with van der Waals surface area (Å²) in [6.07, 6.45) is 2.81. The second-order valence-electron chi connectivity index (χ2n) is 10.7. The maximum atomic E-state index is 13.7. The van der Waals surface area contributed by atoms with Crippen LogP contribution in [0.2, 0.25) is 0 Å². The van der Waals surface area contributed by atoms with Crippen LogP contribution >= 0.6 is 11.8 Å². The number of ether oxygens (including phenoxy) is 3. The second kappa shape index (κ2) is 16.5. The van der Waals surface area contributed by atoms with Crippen molar-refractivity contribution in [2.75, 3.05) is 25.2 Å². The summed E-state index contributed by atoms with van der Waals surface area (Å²) >= 11 is 1.58. The molecule has 0 spiro atoms. The highest BCUT2D eigenvalue weighted by atomic mass is 32.2. The van der Waals surface area contributed by atoms with Crippen LogP contribution in [0, 0.1) is 5.92 Å². The van der Waals surface area contributed by atoms with Crippen LogP contribution in [0.3, 0.4) is 0 Å². The molecule has 2 rings (SSSR count). The molecule has 0 radical (unpaired) electrons. The molecule has 8 heteroatoms. The number of hydrogen-bond donors (Lipinski definition) is 1. The lowest BCUT2D eigenvalue weighted by Crippen LogP contribution is -2.47. The monoisotopic (exact) mass is 559 g/mol. The number of thioether (sulfide) groups is 1. The van der Waals surface area contributed by atoms with Crippen molar-refractivity contribution >= 4 is 40.4 Å². The van der Waals surface area contributed by atoms with Gasteiger partial charge in [0, 0.05) is 25.0 Å². The molecule has 0 aromatic heterocycles. The minimum atomic E-state index is -0.697. The molecule has 216 valence electrons. The number of benzene rings is 2. The Labute approximate surface area is 237 Å². The first-order valence-corrected chi connectivity index (χ1v) is 15.0. The summed E-state index contributed by atoms with van der Waals surface area (Å²) in [6.45, 7) is 9.46. The van der Waals surface area contributed by atoms with Crippen molar-refractivity contribution in [3.8, 4) is 0 Å². The number of fused-ring (bicyclic) bond motifs is 1. The molecule has 0 unspecified atom stereocenters. The first-order chi connectivity index (χ1) is 18.6. The van der Waals surface area contributed by atoms with Gasteiger partial charge in [0.25, 0.3) is 0 Å². The average Bonchev–Trinajstić information content (AvgIpc) is 2.90. The molecular weight excluding hydrogens is 514 g/mol. The standard InChI is InChI=1S/C31H45NO6S/c1-7-9-17-27(30(35)38-31(3,4)5)32-29(34)24(20-39-21-25(36-6)19-37-28(33)8-2)18-23-15-12-14-22-13-10-11-16-26(22)23/h10-16,24-25,27H,7-9,17-21H2,1-6H3,(H,32,34)/t24-,25+,27+/m1/s1. The zero-order chi connectivity index (χ0) is 28.8. The maximum absolute atomic E-state index is 13.7. The molecule has 39 heavy (non-hydrogen) atoms. The molecule has 0 aliphatic carbocycles. The van der Waals surface area contributed by atoms with Crippen LogP contribution in [-0.2, 0) is 35.0 Å². The zero-order valence-electron chi connectivity index (χ0n) is 24.3. The fourth-order valence-electron chi connectivity index (χ4n) is 4.10. The SMILES string of the molecule is CCCC[C@H](NC(=O)[C@@H](CSC[C@H](COC(=O)CC)OC)Cc1cccc2ccccc12)C(=O)OC(C)(C)C. The van der Waals surface area contributed by atoms with Gasteiger partial charge in [-0.05, 0) is 49.9 Å². The van der Waals surface area contributed by atoms with E-state index in [9.17, 15) is 14.4 Å². The third kappa shape index (κ3) is 11.6. The van der Waals surface area contributed by atoms with Gasteiger partial charge in [-0.1, -0.05) is 69.2 Å². The molecule has 0 aliphatic heterocycles. The van der Waals surface area contributed by atoms with Gasteiger partial charge in [0.2, 0.25) is 5.91 Å². The molecule has 1 amide bonds. The predicted molar refractivity (Wildman–Crippen MR) is 158 cm³/mol. The van der Waals surface area contributed by atoms with E-state index in [-0.39, 0.29) is 30.5 Å². The van der Waals surface area contributed by atoms with Gasteiger partial charge in [0.15, 0.2) is 0 Å². The Hall–Kier alpha value is -2.58. The van der Waals surface area contributed by atoms with E-state index in [1.807, 2.05) is 39.0 Å². The fraction of sp³-hybridized carbons (Fsp3) is 0.581. The third-order valence-electron chi connectivity index (χ3n) is 6.25. The smallest absolute Gasteiger partial charge is 0.329 e. The molecule has 3 atom stereocenters. The summed E-state index contributed by atoms with van der Waals surface area (Å²) in [5.41, 5.74) is 0.442. The number of methoxy groups -OCH3 is 1. The van der Waals surface area contributed by atoms with Crippen molar-refractivity contribution in [3.63, 3.8) is 0 Å². The van der Waals surface area contributed by atoms with E-state index in [2.05, 4.69) is 36.5 Å². The van der Waals surface area contributed by atoms with E-state index in [1.54, 1.807) is 25.8 Å². The predicted octanol–water partition coefficient (Wildman–Crippen LogP) is 5.72. The highest BCUT2D eigenvalue weighted by Gasteiger charge is 2.29. The number of esters is 2. The molecule has 0 aliphatic rings. The first kappa shape index (κ1) is 32.6. The van der Waals surface area contributed by atoms with Crippen molar-refractivity contribution in [1.82, 2.24) is 5.32 Å². The summed E-state index contributed by atoms with van der Waals surface area (Å²) in [5, 5.41) is 5.24. The number of unbranched alkanes of at least 4 members (excludes halogenated alkanes) is 1. The van der Waals surface area contributed by atoms with Gasteiger partial charge in [-0.2, -0.15) is 11.8 Å². The molecule has 0 heterocycles. The molecule has 2 aromatic rings. The van der Waals surface area contributed by atoms with Crippen LogP contribution in [0.5, 0.6) is 0 Å². The van der Waals surface area contributed by atoms with E-state index in [4.69, 9.17) is 14.2 Å². The topological polar surface area (TPSA) is 90.9 Å². The van der Waals surface area contributed by atoms with Crippen LogP contribution in [0.4, 0.5) is 0 Å². The van der Waals surface area contributed by atoms with Crippen LogP contribution in [0.15, 0.2) is 42.5 Å². The van der Waals surface area contributed by atoms with Crippen molar-refractivity contribution < 1.29 is 28.6 Å². The fourth-order valence-corrected chi connectivity index (χ4v) is 5.28. The Morgan fingerprint density at radius 1 is 1.00 bits per heavy atom. The summed E-state index contributed by atoms with van der Waals surface area (Å²) in [5.74, 6) is -0.144. The van der Waals surface area contributed by atoms with Gasteiger partial charge < -0.3 is 19.5 Å². The van der Waals surface area contributed by atoms with Crippen LogP contribution in [0.1, 0.15) is 65.9 Å². The van der Waals surface area contributed by atoms with Gasteiger partial charge in [-0.3, -0.25) is 9.59 Å². The number of carbonyl (C=O) groups is 3. The maximum Gasteiger partial charge on any atom is 0.329 e. The molecule has 0 bridgehead atoms. The summed E-state index contributed by atoms with van der Waals surface area (Å²) < 4.78 is 16.4. The third-order valence-corrected chi connectivity index (χ3v) is 7.49. The van der Waals surface area contributed by atoms with Crippen LogP contribution in [-0.4, -0.2) is 60.8 Å². The zero-order valence-corrected chi connectivity index (χ0v) is 25.1. The number of hydrogen-bond acceptors (Lipinski definition) is 7. The number of nitrogens with one attached hydrogen (secondary N) is 1. The number of rotatable bonds is 16. The Morgan fingerprint density at radius 2 is 1.72 bits per heavy atom.